The second kappa shape index (κ2) is 7.33. The highest BCUT2D eigenvalue weighted by Gasteiger charge is 2.21. The number of thioether (sulfide) groups is 1. The van der Waals surface area contributed by atoms with E-state index in [4.69, 9.17) is 4.52 Å². The number of carbonyl (C=O) groups is 1. The van der Waals surface area contributed by atoms with Crippen molar-refractivity contribution in [1.29, 1.82) is 0 Å². The molecule has 0 saturated carbocycles. The molecule has 0 aliphatic heterocycles. The molecule has 0 aliphatic carbocycles. The minimum atomic E-state index is -0.474. The molecule has 2 heterocycles. The summed E-state index contributed by atoms with van der Waals surface area (Å²) in [6.07, 6.45) is 0. The Kier molecular flexibility index (Phi) is 5.13. The average molecular weight is 372 g/mol. The highest BCUT2D eigenvalue weighted by atomic mass is 32.2. The summed E-state index contributed by atoms with van der Waals surface area (Å²) in [4.78, 5) is 29.8. The summed E-state index contributed by atoms with van der Waals surface area (Å²) in [5, 5.41) is 7.03. The third-order valence-corrected chi connectivity index (χ3v) is 4.88. The second-order valence-electron chi connectivity index (χ2n) is 6.26. The quantitative estimate of drug-likeness (QED) is 0.545. The van der Waals surface area contributed by atoms with E-state index in [1.807, 2.05) is 26.0 Å². The third kappa shape index (κ3) is 3.65. The van der Waals surface area contributed by atoms with Crippen LogP contribution in [0.4, 0.5) is 5.88 Å². The van der Waals surface area contributed by atoms with Crippen LogP contribution in [0.25, 0.3) is 10.9 Å². The molecule has 0 saturated heterocycles. The maximum Gasteiger partial charge on any atom is 0.262 e. The van der Waals surface area contributed by atoms with Gasteiger partial charge in [-0.3, -0.25) is 19.5 Å². The number of aromatic nitrogens is 3. The molecule has 8 heteroatoms. The van der Waals surface area contributed by atoms with E-state index in [9.17, 15) is 9.59 Å². The molecule has 3 rings (SSSR count). The highest BCUT2D eigenvalue weighted by molar-refractivity contribution is 8.00. The number of nitrogens with zero attached hydrogens (tertiary/aromatic N) is 3. The number of anilines is 1. The van der Waals surface area contributed by atoms with Gasteiger partial charge in [0.25, 0.3) is 5.56 Å². The smallest absolute Gasteiger partial charge is 0.262 e. The van der Waals surface area contributed by atoms with Gasteiger partial charge in [-0.1, -0.05) is 29.1 Å². The first-order valence-electron chi connectivity index (χ1n) is 8.29. The zero-order chi connectivity index (χ0) is 18.8. The number of rotatable bonds is 5. The second-order valence-corrected chi connectivity index (χ2v) is 7.57. The minimum absolute atomic E-state index is 0.0747. The van der Waals surface area contributed by atoms with E-state index < -0.39 is 5.25 Å². The lowest BCUT2D eigenvalue weighted by Gasteiger charge is -2.18. The van der Waals surface area contributed by atoms with Crippen LogP contribution in [0.5, 0.6) is 0 Å². The Morgan fingerprint density at radius 3 is 2.65 bits per heavy atom. The molecule has 7 nitrogen and oxygen atoms in total. The monoisotopic (exact) mass is 372 g/mol. The number of fused-ring (bicyclic) bond motifs is 1. The van der Waals surface area contributed by atoms with Crippen molar-refractivity contribution in [2.75, 3.05) is 5.32 Å². The molecule has 0 aliphatic rings. The predicted molar refractivity (Wildman–Crippen MR) is 102 cm³/mol. The fraction of sp³-hybridized carbons (Fsp3) is 0.333. The molecule has 0 fully saturated rings. The zero-order valence-electron chi connectivity index (χ0n) is 15.0. The van der Waals surface area contributed by atoms with Crippen molar-refractivity contribution < 1.29 is 9.32 Å². The number of amides is 1. The van der Waals surface area contributed by atoms with E-state index in [1.165, 1.54) is 11.8 Å². The average Bonchev–Trinajstić information content (AvgIpc) is 2.99. The Balaban J connectivity index is 1.90. The maximum atomic E-state index is 12.8. The van der Waals surface area contributed by atoms with Crippen LogP contribution in [-0.4, -0.2) is 25.9 Å². The van der Waals surface area contributed by atoms with Crippen molar-refractivity contribution >= 4 is 34.5 Å². The van der Waals surface area contributed by atoms with Crippen LogP contribution in [0.1, 0.15) is 32.5 Å². The first-order valence-corrected chi connectivity index (χ1v) is 9.17. The van der Waals surface area contributed by atoms with Crippen molar-refractivity contribution in [3.63, 3.8) is 0 Å². The summed E-state index contributed by atoms with van der Waals surface area (Å²) in [5.74, 6) is 0.0523. The lowest BCUT2D eigenvalue weighted by Crippen LogP contribution is -2.28. The highest BCUT2D eigenvalue weighted by Crippen LogP contribution is 2.25. The lowest BCUT2D eigenvalue weighted by atomic mass is 10.2. The maximum absolute atomic E-state index is 12.8. The molecular formula is C18H20N4O3S. The topological polar surface area (TPSA) is 90.0 Å². The van der Waals surface area contributed by atoms with E-state index in [0.29, 0.717) is 27.6 Å². The number of aryl methyl sites for hydroxylation is 1. The molecule has 136 valence electrons. The van der Waals surface area contributed by atoms with Crippen molar-refractivity contribution in [1.82, 2.24) is 14.7 Å². The van der Waals surface area contributed by atoms with Crippen LogP contribution in [0, 0.1) is 6.92 Å². The zero-order valence-corrected chi connectivity index (χ0v) is 15.8. The first kappa shape index (κ1) is 18.2. The summed E-state index contributed by atoms with van der Waals surface area (Å²) in [5.41, 5.74) is 1.20. The summed E-state index contributed by atoms with van der Waals surface area (Å²) in [6.45, 7) is 7.38. The number of nitrogens with one attached hydrogen (secondary N) is 1. The van der Waals surface area contributed by atoms with Gasteiger partial charge >= 0.3 is 0 Å². The van der Waals surface area contributed by atoms with Crippen LogP contribution in [0.15, 0.2) is 44.8 Å². The van der Waals surface area contributed by atoms with Gasteiger partial charge in [-0.15, -0.1) is 0 Å². The van der Waals surface area contributed by atoms with E-state index in [-0.39, 0.29) is 17.5 Å². The molecule has 1 unspecified atom stereocenters. The molecule has 1 atom stereocenters. The third-order valence-electron chi connectivity index (χ3n) is 3.82. The molecule has 0 bridgehead atoms. The minimum Gasteiger partial charge on any atom is -0.338 e. The van der Waals surface area contributed by atoms with Gasteiger partial charge in [-0.25, -0.2) is 4.98 Å². The fourth-order valence-corrected chi connectivity index (χ4v) is 3.56. The van der Waals surface area contributed by atoms with E-state index in [2.05, 4.69) is 15.5 Å². The molecular weight excluding hydrogens is 352 g/mol. The SMILES string of the molecule is Cc1cc(NC(=O)C(C)Sc2nc3ccccc3c(=O)n2C(C)C)on1. The molecule has 1 aromatic carbocycles. The van der Waals surface area contributed by atoms with Crippen molar-refractivity contribution in [3.05, 3.63) is 46.4 Å². The number of hydrogen-bond acceptors (Lipinski definition) is 6. The summed E-state index contributed by atoms with van der Waals surface area (Å²) in [7, 11) is 0. The van der Waals surface area contributed by atoms with Gasteiger partial charge in [0, 0.05) is 12.1 Å². The van der Waals surface area contributed by atoms with Gasteiger partial charge in [-0.05, 0) is 39.8 Å². The van der Waals surface area contributed by atoms with Crippen molar-refractivity contribution in [3.8, 4) is 0 Å². The molecule has 0 radical (unpaired) electrons. The van der Waals surface area contributed by atoms with Crippen molar-refractivity contribution in [2.45, 2.75) is 44.1 Å². The number of carbonyl (C=O) groups excluding carboxylic acids is 1. The van der Waals surface area contributed by atoms with E-state index in [0.717, 1.165) is 0 Å². The van der Waals surface area contributed by atoms with Gasteiger partial charge in [0.1, 0.15) is 0 Å². The van der Waals surface area contributed by atoms with Gasteiger partial charge < -0.3 is 4.52 Å². The molecule has 2 aromatic heterocycles. The first-order chi connectivity index (χ1) is 12.4. The summed E-state index contributed by atoms with van der Waals surface area (Å²) < 4.78 is 6.63. The largest absolute Gasteiger partial charge is 0.338 e. The Bertz CT molecular complexity index is 1010. The number of para-hydroxylation sites is 1. The Morgan fingerprint density at radius 1 is 1.27 bits per heavy atom. The molecule has 3 aromatic rings. The van der Waals surface area contributed by atoms with Crippen LogP contribution in [0.3, 0.4) is 0 Å². The van der Waals surface area contributed by atoms with Gasteiger partial charge in [-0.2, -0.15) is 0 Å². The van der Waals surface area contributed by atoms with Crippen LogP contribution >= 0.6 is 11.8 Å². The number of benzene rings is 1. The summed E-state index contributed by atoms with van der Waals surface area (Å²) >= 11 is 1.24. The Hall–Kier alpha value is -2.61. The van der Waals surface area contributed by atoms with Crippen LogP contribution < -0.4 is 10.9 Å². The number of hydrogen-bond donors (Lipinski definition) is 1. The predicted octanol–water partition coefficient (Wildman–Crippen LogP) is 3.39. The van der Waals surface area contributed by atoms with E-state index >= 15 is 0 Å². The molecule has 26 heavy (non-hydrogen) atoms. The molecule has 1 N–H and O–H groups in total. The Labute approximate surface area is 154 Å². The fourth-order valence-electron chi connectivity index (χ4n) is 2.52. The standard InChI is InChI=1S/C18H20N4O3S/c1-10(2)22-17(24)13-7-5-6-8-14(13)19-18(22)26-12(4)16(23)20-15-9-11(3)21-25-15/h5-10,12H,1-4H3,(H,20,23). The van der Waals surface area contributed by atoms with Crippen LogP contribution in [-0.2, 0) is 4.79 Å². The van der Waals surface area contributed by atoms with Gasteiger partial charge in [0.15, 0.2) is 5.16 Å². The molecule has 1 amide bonds. The summed E-state index contributed by atoms with van der Waals surface area (Å²) in [6, 6.07) is 8.79. The molecule has 0 spiro atoms. The Morgan fingerprint density at radius 2 is 2.00 bits per heavy atom. The normalized spacial score (nSPS) is 12.5. The van der Waals surface area contributed by atoms with Crippen molar-refractivity contribution in [2.24, 2.45) is 0 Å². The van der Waals surface area contributed by atoms with E-state index in [1.54, 1.807) is 36.6 Å². The van der Waals surface area contributed by atoms with Crippen LogP contribution in [0.2, 0.25) is 0 Å². The van der Waals surface area contributed by atoms with Gasteiger partial charge in [0.2, 0.25) is 11.8 Å². The lowest BCUT2D eigenvalue weighted by molar-refractivity contribution is -0.115. The van der Waals surface area contributed by atoms with Gasteiger partial charge in [0.05, 0.1) is 21.8 Å².